The second-order valence-electron chi connectivity index (χ2n) is 10.4. The number of hydrogen-bond donors (Lipinski definition) is 1. The van der Waals surface area contributed by atoms with E-state index in [1.54, 1.807) is 0 Å². The molecule has 28 heavy (non-hydrogen) atoms. The van der Waals surface area contributed by atoms with Gasteiger partial charge in [0.15, 0.2) is 0 Å². The van der Waals surface area contributed by atoms with Crippen LogP contribution in [0.1, 0.15) is 84.2 Å². The van der Waals surface area contributed by atoms with Crippen molar-refractivity contribution < 1.29 is 9.53 Å². The van der Waals surface area contributed by atoms with Crippen LogP contribution in [0, 0.1) is 10.8 Å². The molecule has 2 aliphatic carbocycles. The molecule has 0 spiro atoms. The van der Waals surface area contributed by atoms with Crippen LogP contribution in [-0.2, 0) is 0 Å². The SMILES string of the molecule is CC[C@]1(C)C[C@]2(C)CCC[C@@](NC(=O)Oc3cccc([C@H](C)N(C)C)c3)(C2)C1. The molecule has 0 unspecified atom stereocenters. The highest BCUT2D eigenvalue weighted by atomic mass is 16.6. The van der Waals surface area contributed by atoms with E-state index in [1.807, 2.05) is 18.2 Å². The summed E-state index contributed by atoms with van der Waals surface area (Å²) in [6, 6.07) is 8.15. The molecule has 3 rings (SSSR count). The van der Waals surface area contributed by atoms with Crippen molar-refractivity contribution in [3.05, 3.63) is 29.8 Å². The molecule has 4 heteroatoms. The molecule has 2 fully saturated rings. The summed E-state index contributed by atoms with van der Waals surface area (Å²) in [7, 11) is 4.11. The molecule has 0 aromatic heterocycles. The first-order valence-corrected chi connectivity index (χ1v) is 10.8. The molecule has 2 saturated carbocycles. The van der Waals surface area contributed by atoms with E-state index in [0.717, 1.165) is 31.2 Å². The quantitative estimate of drug-likeness (QED) is 0.682. The van der Waals surface area contributed by atoms with Crippen molar-refractivity contribution in [1.82, 2.24) is 10.2 Å². The number of carbonyl (C=O) groups is 1. The molecule has 0 radical (unpaired) electrons. The van der Waals surface area contributed by atoms with Crippen LogP contribution >= 0.6 is 0 Å². The van der Waals surface area contributed by atoms with Crippen LogP contribution in [0.2, 0.25) is 0 Å². The number of carbonyl (C=O) groups excluding carboxylic acids is 1. The molecule has 0 saturated heterocycles. The lowest BCUT2D eigenvalue weighted by molar-refractivity contribution is -0.0290. The van der Waals surface area contributed by atoms with Crippen molar-refractivity contribution in [2.75, 3.05) is 14.1 Å². The second kappa shape index (κ2) is 7.70. The molecule has 0 heterocycles. The van der Waals surface area contributed by atoms with E-state index in [-0.39, 0.29) is 17.7 Å². The first-order chi connectivity index (χ1) is 13.1. The molecule has 4 nitrogen and oxygen atoms in total. The van der Waals surface area contributed by atoms with E-state index in [0.29, 0.717) is 16.6 Å². The van der Waals surface area contributed by atoms with Gasteiger partial charge in [0.25, 0.3) is 0 Å². The number of fused-ring (bicyclic) bond motifs is 2. The molecule has 1 aromatic carbocycles. The Labute approximate surface area is 171 Å². The summed E-state index contributed by atoms with van der Waals surface area (Å²) >= 11 is 0. The maximum atomic E-state index is 12.9. The standard InChI is InChI=1S/C24H38N2O2/c1-7-22(3)15-23(4)12-9-13-24(16-22,17-23)25-21(27)28-20-11-8-10-19(14-20)18(2)26(5)6/h8,10-11,14,18H,7,9,12-13,15-17H2,1-6H3,(H,25,27)/t18-,22+,23-,24-/m0/s1. The van der Waals surface area contributed by atoms with E-state index < -0.39 is 0 Å². The monoisotopic (exact) mass is 386 g/mol. The van der Waals surface area contributed by atoms with Gasteiger partial charge in [0.05, 0.1) is 0 Å². The van der Waals surface area contributed by atoms with Gasteiger partial charge in [-0.3, -0.25) is 0 Å². The summed E-state index contributed by atoms with van der Waals surface area (Å²) in [5.41, 5.74) is 1.65. The Morgan fingerprint density at radius 3 is 2.64 bits per heavy atom. The molecule has 1 aromatic rings. The summed E-state index contributed by atoms with van der Waals surface area (Å²) < 4.78 is 5.74. The predicted octanol–water partition coefficient (Wildman–Crippen LogP) is 5.93. The normalized spacial score (nSPS) is 33.4. The minimum Gasteiger partial charge on any atom is -0.410 e. The first-order valence-electron chi connectivity index (χ1n) is 10.8. The molecule has 156 valence electrons. The van der Waals surface area contributed by atoms with Crippen LogP contribution in [0.25, 0.3) is 0 Å². The van der Waals surface area contributed by atoms with E-state index in [4.69, 9.17) is 4.74 Å². The van der Waals surface area contributed by atoms with Gasteiger partial charge in [0.2, 0.25) is 0 Å². The van der Waals surface area contributed by atoms with Crippen molar-refractivity contribution in [2.45, 2.75) is 84.2 Å². The van der Waals surface area contributed by atoms with Crippen LogP contribution in [0.15, 0.2) is 24.3 Å². The number of nitrogens with one attached hydrogen (secondary N) is 1. The Morgan fingerprint density at radius 2 is 1.96 bits per heavy atom. The lowest BCUT2D eigenvalue weighted by atomic mass is 9.51. The Kier molecular flexibility index (Phi) is 5.82. The lowest BCUT2D eigenvalue weighted by Gasteiger charge is -2.57. The number of benzene rings is 1. The Morgan fingerprint density at radius 1 is 1.21 bits per heavy atom. The summed E-state index contributed by atoms with van der Waals surface area (Å²) in [5, 5.41) is 3.33. The third kappa shape index (κ3) is 4.53. The highest BCUT2D eigenvalue weighted by Crippen LogP contribution is 2.58. The van der Waals surface area contributed by atoms with Gasteiger partial charge < -0.3 is 15.0 Å². The number of amides is 1. The van der Waals surface area contributed by atoms with Gasteiger partial charge in [-0.05, 0) is 81.6 Å². The number of hydrogen-bond acceptors (Lipinski definition) is 3. The fourth-order valence-electron chi connectivity index (χ4n) is 5.94. The summed E-state index contributed by atoms with van der Waals surface area (Å²) in [6.45, 7) is 9.24. The van der Waals surface area contributed by atoms with Gasteiger partial charge in [0.1, 0.15) is 5.75 Å². The van der Waals surface area contributed by atoms with Crippen molar-refractivity contribution in [3.8, 4) is 5.75 Å². The Hall–Kier alpha value is -1.55. The second-order valence-corrected chi connectivity index (χ2v) is 10.4. The zero-order valence-electron chi connectivity index (χ0n) is 18.6. The van der Waals surface area contributed by atoms with Gasteiger partial charge in [-0.25, -0.2) is 4.79 Å². The summed E-state index contributed by atoms with van der Waals surface area (Å²) in [5.74, 6) is 0.618. The van der Waals surface area contributed by atoms with Crippen molar-refractivity contribution in [1.29, 1.82) is 0 Å². The average Bonchev–Trinajstić information content (AvgIpc) is 2.59. The molecule has 2 aliphatic rings. The van der Waals surface area contributed by atoms with E-state index >= 15 is 0 Å². The van der Waals surface area contributed by atoms with Gasteiger partial charge in [-0.15, -0.1) is 0 Å². The lowest BCUT2D eigenvalue weighted by Crippen LogP contribution is -2.60. The van der Waals surface area contributed by atoms with Crippen LogP contribution in [0.4, 0.5) is 4.79 Å². The zero-order chi connectivity index (χ0) is 20.6. The van der Waals surface area contributed by atoms with Gasteiger partial charge in [-0.1, -0.05) is 45.7 Å². The van der Waals surface area contributed by atoms with Crippen molar-refractivity contribution >= 4 is 6.09 Å². The zero-order valence-corrected chi connectivity index (χ0v) is 18.6. The summed E-state index contributed by atoms with van der Waals surface area (Å²) in [6.07, 6.45) is 7.76. The molecular formula is C24H38N2O2. The number of rotatable bonds is 5. The summed E-state index contributed by atoms with van der Waals surface area (Å²) in [4.78, 5) is 15.0. The predicted molar refractivity (Wildman–Crippen MR) is 115 cm³/mol. The molecular weight excluding hydrogens is 348 g/mol. The van der Waals surface area contributed by atoms with E-state index in [1.165, 1.54) is 19.3 Å². The topological polar surface area (TPSA) is 41.6 Å². The van der Waals surface area contributed by atoms with Crippen LogP contribution < -0.4 is 10.1 Å². The Balaban J connectivity index is 1.73. The average molecular weight is 387 g/mol. The third-order valence-corrected chi connectivity index (χ3v) is 7.37. The molecule has 0 aliphatic heterocycles. The van der Waals surface area contributed by atoms with E-state index in [2.05, 4.69) is 58.1 Å². The minimum absolute atomic E-state index is 0.123. The van der Waals surface area contributed by atoms with Gasteiger partial charge in [-0.2, -0.15) is 0 Å². The molecule has 1 N–H and O–H groups in total. The largest absolute Gasteiger partial charge is 0.413 e. The fourth-order valence-corrected chi connectivity index (χ4v) is 5.94. The highest BCUT2D eigenvalue weighted by Gasteiger charge is 2.53. The maximum Gasteiger partial charge on any atom is 0.413 e. The maximum absolute atomic E-state index is 12.9. The third-order valence-electron chi connectivity index (χ3n) is 7.37. The number of nitrogens with zero attached hydrogens (tertiary/aromatic N) is 1. The highest BCUT2D eigenvalue weighted by molar-refractivity contribution is 5.71. The minimum atomic E-state index is -0.306. The van der Waals surface area contributed by atoms with Crippen molar-refractivity contribution in [2.24, 2.45) is 10.8 Å². The van der Waals surface area contributed by atoms with Crippen LogP contribution in [0.3, 0.4) is 0 Å². The fraction of sp³-hybridized carbons (Fsp3) is 0.708. The molecule has 4 atom stereocenters. The smallest absolute Gasteiger partial charge is 0.410 e. The van der Waals surface area contributed by atoms with Crippen LogP contribution in [0.5, 0.6) is 5.75 Å². The molecule has 2 bridgehead atoms. The van der Waals surface area contributed by atoms with Gasteiger partial charge >= 0.3 is 6.09 Å². The Bertz CT molecular complexity index is 716. The van der Waals surface area contributed by atoms with E-state index in [9.17, 15) is 4.79 Å². The van der Waals surface area contributed by atoms with Crippen molar-refractivity contribution in [3.63, 3.8) is 0 Å². The first kappa shape index (κ1) is 21.2. The number of ether oxygens (including phenoxy) is 1. The van der Waals surface area contributed by atoms with Gasteiger partial charge in [0, 0.05) is 11.6 Å². The molecule has 1 amide bonds. The van der Waals surface area contributed by atoms with Crippen LogP contribution in [-0.4, -0.2) is 30.6 Å².